The van der Waals surface area contributed by atoms with Gasteiger partial charge in [0.2, 0.25) is 6.33 Å². The Hall–Kier alpha value is -2.33. The van der Waals surface area contributed by atoms with Crippen LogP contribution in [0.5, 0.6) is 0 Å². The average Bonchev–Trinajstić information content (AvgIpc) is 2.83. The highest BCUT2D eigenvalue weighted by molar-refractivity contribution is 6.03. The number of rotatable bonds is 2. The molecule has 5 heteroatoms. The molecule has 0 radical (unpaired) electrons. The maximum atomic E-state index is 11.4. The molecule has 1 aromatic heterocycles. The molecule has 3 rings (SSSR count). The van der Waals surface area contributed by atoms with E-state index in [1.807, 2.05) is 53.4 Å². The molecule has 0 bridgehead atoms. The first-order chi connectivity index (χ1) is 8.77. The molecule has 0 saturated heterocycles. The number of primary amides is 1. The van der Waals surface area contributed by atoms with Crippen molar-refractivity contribution in [1.29, 1.82) is 0 Å². The number of halogens is 1. The summed E-state index contributed by atoms with van der Waals surface area (Å²) in [7, 11) is 0. The topological polar surface area (TPSA) is 62.8 Å². The lowest BCUT2D eigenvalue weighted by atomic mass is 10.1. The highest BCUT2D eigenvalue weighted by atomic mass is 35.5. The van der Waals surface area contributed by atoms with Crippen molar-refractivity contribution < 1.29 is 21.8 Å². The monoisotopic (exact) mass is 273 g/mol. The number of hydrogen-bond donors (Lipinski definition) is 2. The number of hydrogen-bond acceptors (Lipinski definition) is 1. The molecule has 0 spiro atoms. The lowest BCUT2D eigenvalue weighted by Gasteiger charge is -1.97. The molecule has 1 heterocycles. The number of aromatic amines is 1. The van der Waals surface area contributed by atoms with E-state index in [1.54, 1.807) is 6.07 Å². The number of nitrogens with one attached hydrogen (secondary N) is 1. The van der Waals surface area contributed by atoms with Gasteiger partial charge in [0.05, 0.1) is 5.56 Å². The van der Waals surface area contributed by atoms with Crippen LogP contribution in [-0.4, -0.2) is 10.9 Å². The van der Waals surface area contributed by atoms with Gasteiger partial charge < -0.3 is 18.1 Å². The van der Waals surface area contributed by atoms with E-state index in [4.69, 9.17) is 5.73 Å². The minimum absolute atomic E-state index is 0. The second-order valence-electron chi connectivity index (χ2n) is 4.04. The molecule has 0 unspecified atom stereocenters. The van der Waals surface area contributed by atoms with Crippen molar-refractivity contribution in [3.05, 3.63) is 60.4 Å². The molecule has 3 N–H and O–H groups in total. The van der Waals surface area contributed by atoms with Gasteiger partial charge >= 0.3 is 0 Å². The van der Waals surface area contributed by atoms with Crippen molar-refractivity contribution >= 4 is 16.9 Å². The summed E-state index contributed by atoms with van der Waals surface area (Å²) in [5.74, 6) is -0.428. The fraction of sp³-hybridized carbons (Fsp3) is 0. The van der Waals surface area contributed by atoms with Crippen molar-refractivity contribution in [1.82, 2.24) is 4.98 Å². The third-order valence-electron chi connectivity index (χ3n) is 2.94. The van der Waals surface area contributed by atoms with Crippen LogP contribution in [-0.2, 0) is 0 Å². The summed E-state index contributed by atoms with van der Waals surface area (Å²) in [5, 5.41) is 0. The lowest BCUT2D eigenvalue weighted by molar-refractivity contribution is -0.567. The van der Waals surface area contributed by atoms with Gasteiger partial charge in [-0.25, -0.2) is 4.98 Å². The molecule has 96 valence electrons. The number of nitrogens with two attached hydrogens (primary N) is 1. The highest BCUT2D eigenvalue weighted by Gasteiger charge is 2.16. The third kappa shape index (κ3) is 2.18. The summed E-state index contributed by atoms with van der Waals surface area (Å²) >= 11 is 0. The van der Waals surface area contributed by atoms with E-state index < -0.39 is 5.91 Å². The Morgan fingerprint density at radius 2 is 1.79 bits per heavy atom. The summed E-state index contributed by atoms with van der Waals surface area (Å²) in [5.41, 5.74) is 8.58. The van der Waals surface area contributed by atoms with Gasteiger partial charge in [-0.2, -0.15) is 4.57 Å². The molecule has 0 fully saturated rings. The molecule has 0 aliphatic rings. The van der Waals surface area contributed by atoms with Crippen LogP contribution in [0.1, 0.15) is 10.4 Å². The summed E-state index contributed by atoms with van der Waals surface area (Å²) in [6.07, 6.45) is 1.83. The molecule has 3 aromatic rings. The minimum atomic E-state index is -0.428. The van der Waals surface area contributed by atoms with Crippen molar-refractivity contribution in [3.8, 4) is 5.69 Å². The number of benzene rings is 2. The first kappa shape index (κ1) is 13.1. The van der Waals surface area contributed by atoms with E-state index in [9.17, 15) is 4.79 Å². The molecule has 0 aliphatic carbocycles. The van der Waals surface area contributed by atoms with E-state index >= 15 is 0 Å². The van der Waals surface area contributed by atoms with Crippen LogP contribution in [0.15, 0.2) is 54.9 Å². The Balaban J connectivity index is 0.00000133. The van der Waals surface area contributed by atoms with Crippen molar-refractivity contribution in [2.45, 2.75) is 0 Å². The fourth-order valence-electron chi connectivity index (χ4n) is 2.10. The molecular formula is C14H12ClN3O. The van der Waals surface area contributed by atoms with Crippen LogP contribution in [0.25, 0.3) is 16.7 Å². The predicted octanol–water partition coefficient (Wildman–Crippen LogP) is -1.45. The normalized spacial score (nSPS) is 10.1. The van der Waals surface area contributed by atoms with Crippen LogP contribution < -0.4 is 22.7 Å². The smallest absolute Gasteiger partial charge is 0.253 e. The molecule has 1 amide bonds. The van der Waals surface area contributed by atoms with Gasteiger partial charge in [-0.3, -0.25) is 4.79 Å². The Morgan fingerprint density at radius 3 is 2.47 bits per heavy atom. The first-order valence-corrected chi connectivity index (χ1v) is 5.64. The summed E-state index contributed by atoms with van der Waals surface area (Å²) < 4.78 is 1.99. The molecule has 19 heavy (non-hydrogen) atoms. The number of amides is 1. The van der Waals surface area contributed by atoms with Gasteiger partial charge in [-0.05, 0) is 24.3 Å². The molecule has 0 aliphatic heterocycles. The molecule has 2 aromatic carbocycles. The SMILES string of the molecule is NC(=O)c1cccc2c1[nH]c[n+]2-c1ccccc1.[Cl-]. The van der Waals surface area contributed by atoms with E-state index in [-0.39, 0.29) is 12.4 Å². The number of carbonyl (C=O) groups is 1. The standard InChI is InChI=1S/C14H11N3O.ClH/c15-14(18)11-7-4-8-12-13(11)16-9-17(12)10-5-2-1-3-6-10;/h1-9H,(H2,15,18);1H. The highest BCUT2D eigenvalue weighted by Crippen LogP contribution is 2.14. The van der Waals surface area contributed by atoms with Crippen LogP contribution in [0.2, 0.25) is 0 Å². The number of imidazole rings is 1. The quantitative estimate of drug-likeness (QED) is 0.551. The van der Waals surface area contributed by atoms with Gasteiger partial charge in [0.25, 0.3) is 5.91 Å². The number of aromatic nitrogens is 2. The Morgan fingerprint density at radius 1 is 1.05 bits per heavy atom. The second-order valence-corrected chi connectivity index (χ2v) is 4.04. The van der Waals surface area contributed by atoms with Gasteiger partial charge in [0.15, 0.2) is 11.0 Å². The number of H-pyrrole nitrogens is 1. The molecular weight excluding hydrogens is 262 g/mol. The Kier molecular flexibility index (Phi) is 3.53. The van der Waals surface area contributed by atoms with E-state index in [2.05, 4.69) is 4.98 Å². The molecule has 0 atom stereocenters. The predicted molar refractivity (Wildman–Crippen MR) is 68.3 cm³/mol. The number of para-hydroxylation sites is 2. The third-order valence-corrected chi connectivity index (χ3v) is 2.94. The summed E-state index contributed by atoms with van der Waals surface area (Å²) in [6.45, 7) is 0. The number of fused-ring (bicyclic) bond motifs is 1. The largest absolute Gasteiger partial charge is 1.00 e. The Labute approximate surface area is 116 Å². The van der Waals surface area contributed by atoms with Crippen LogP contribution in [0, 0.1) is 0 Å². The number of carbonyl (C=O) groups excluding carboxylic acids is 1. The van der Waals surface area contributed by atoms with Gasteiger partial charge in [0.1, 0.15) is 5.69 Å². The van der Waals surface area contributed by atoms with Gasteiger partial charge in [0, 0.05) is 0 Å². The zero-order valence-corrected chi connectivity index (χ0v) is 10.8. The van der Waals surface area contributed by atoms with Crippen LogP contribution in [0.4, 0.5) is 0 Å². The van der Waals surface area contributed by atoms with Gasteiger partial charge in [-0.1, -0.05) is 24.3 Å². The van der Waals surface area contributed by atoms with Crippen LogP contribution >= 0.6 is 0 Å². The maximum Gasteiger partial charge on any atom is 0.253 e. The number of nitrogens with zero attached hydrogens (tertiary/aromatic N) is 1. The van der Waals surface area contributed by atoms with E-state index in [0.717, 1.165) is 16.7 Å². The maximum absolute atomic E-state index is 11.4. The Bertz CT molecular complexity index is 722. The van der Waals surface area contributed by atoms with Crippen molar-refractivity contribution in [2.24, 2.45) is 5.73 Å². The minimum Gasteiger partial charge on any atom is -1.00 e. The summed E-state index contributed by atoms with van der Waals surface area (Å²) in [4.78, 5) is 14.5. The van der Waals surface area contributed by atoms with Gasteiger partial charge in [-0.15, -0.1) is 0 Å². The average molecular weight is 274 g/mol. The zero-order chi connectivity index (χ0) is 12.5. The fourth-order valence-corrected chi connectivity index (χ4v) is 2.10. The van der Waals surface area contributed by atoms with E-state index in [0.29, 0.717) is 5.56 Å². The zero-order valence-electron chi connectivity index (χ0n) is 10.0. The summed E-state index contributed by atoms with van der Waals surface area (Å²) in [6, 6.07) is 15.4. The molecule has 0 saturated carbocycles. The van der Waals surface area contributed by atoms with E-state index in [1.165, 1.54) is 0 Å². The second kappa shape index (κ2) is 5.12. The van der Waals surface area contributed by atoms with Crippen molar-refractivity contribution in [2.75, 3.05) is 0 Å². The molecule has 4 nitrogen and oxygen atoms in total. The first-order valence-electron chi connectivity index (χ1n) is 5.64. The van der Waals surface area contributed by atoms with Crippen molar-refractivity contribution in [3.63, 3.8) is 0 Å². The lowest BCUT2D eigenvalue weighted by Crippen LogP contribution is -3.00. The van der Waals surface area contributed by atoms with Crippen LogP contribution in [0.3, 0.4) is 0 Å².